The number of para-hydroxylation sites is 2. The molecule has 176 valence electrons. The van der Waals surface area contributed by atoms with Crippen molar-refractivity contribution in [2.24, 2.45) is 0 Å². The number of fused-ring (bicyclic) bond motifs is 2. The first kappa shape index (κ1) is 21.8. The fourth-order valence-electron chi connectivity index (χ4n) is 4.44. The molecule has 2 aromatic heterocycles. The Morgan fingerprint density at radius 3 is 2.30 bits per heavy atom. The van der Waals surface area contributed by atoms with Gasteiger partial charge in [0.05, 0.1) is 11.4 Å². The molecule has 0 amide bonds. The third kappa shape index (κ3) is 3.96. The van der Waals surface area contributed by atoms with Crippen LogP contribution in [0.15, 0.2) is 120 Å². The third-order valence-electron chi connectivity index (χ3n) is 6.10. The van der Waals surface area contributed by atoms with Crippen LogP contribution >= 0.6 is 23.3 Å². The van der Waals surface area contributed by atoms with Gasteiger partial charge in [0.25, 0.3) is 0 Å². The van der Waals surface area contributed by atoms with Gasteiger partial charge in [-0.1, -0.05) is 66.4 Å². The van der Waals surface area contributed by atoms with Gasteiger partial charge in [-0.25, -0.2) is 19.9 Å². The largest absolute Gasteiger partial charge is 0.308 e. The quantitative estimate of drug-likeness (QED) is 0.239. The van der Waals surface area contributed by atoms with E-state index in [2.05, 4.69) is 86.6 Å². The summed E-state index contributed by atoms with van der Waals surface area (Å²) in [6.07, 6.45) is 3.01. The molecule has 0 N–H and O–H groups in total. The highest BCUT2D eigenvalue weighted by Gasteiger charge is 2.27. The molecule has 0 radical (unpaired) electrons. The summed E-state index contributed by atoms with van der Waals surface area (Å²) in [5.41, 5.74) is 6.34. The Morgan fingerprint density at radius 1 is 0.649 bits per heavy atom. The van der Waals surface area contributed by atoms with Crippen LogP contribution in [0.2, 0.25) is 0 Å². The summed E-state index contributed by atoms with van der Waals surface area (Å²) in [4.78, 5) is 22.1. The Morgan fingerprint density at radius 2 is 1.41 bits per heavy atom. The first-order valence-corrected chi connectivity index (χ1v) is 13.3. The summed E-state index contributed by atoms with van der Waals surface area (Å²) in [6.45, 7) is 0. The van der Waals surface area contributed by atoms with E-state index >= 15 is 0 Å². The Kier molecular flexibility index (Phi) is 5.45. The van der Waals surface area contributed by atoms with E-state index in [4.69, 9.17) is 9.36 Å². The number of nitrogens with zero attached hydrogens (tertiary/aromatic N) is 6. The SMILES string of the molecule is c1ccc(N2c3ccccc3Sc3c(-c4nsc(-c5cccc(-c6ncncn6)c5)n4)cccc32)cc1. The minimum absolute atomic E-state index is 0.634. The molecule has 3 heterocycles. The lowest BCUT2D eigenvalue weighted by Crippen LogP contribution is -2.15. The molecule has 0 saturated carbocycles. The van der Waals surface area contributed by atoms with Crippen LogP contribution in [0, 0.1) is 0 Å². The minimum atomic E-state index is 0.634. The fourth-order valence-corrected chi connectivity index (χ4v) is 6.27. The van der Waals surface area contributed by atoms with Gasteiger partial charge < -0.3 is 4.90 Å². The van der Waals surface area contributed by atoms with Crippen molar-refractivity contribution in [1.82, 2.24) is 24.3 Å². The standard InChI is InChI=1S/C29H18N6S2/c1-2-10-21(11-3-1)35-23-13-4-5-15-25(23)36-26-22(12-7-14-24(26)35)28-33-29(37-34-28)20-9-6-8-19(16-20)27-31-17-30-18-32-27/h1-18H. The van der Waals surface area contributed by atoms with Gasteiger partial charge >= 0.3 is 0 Å². The smallest absolute Gasteiger partial charge is 0.174 e. The summed E-state index contributed by atoms with van der Waals surface area (Å²) in [6, 6.07) is 33.4. The van der Waals surface area contributed by atoms with E-state index in [1.807, 2.05) is 30.3 Å². The number of rotatable bonds is 4. The first-order chi connectivity index (χ1) is 18.3. The maximum absolute atomic E-state index is 4.97. The molecule has 1 aliphatic rings. The van der Waals surface area contributed by atoms with Gasteiger partial charge in [-0.05, 0) is 54.0 Å². The van der Waals surface area contributed by atoms with E-state index in [-0.39, 0.29) is 0 Å². The van der Waals surface area contributed by atoms with Gasteiger partial charge in [0, 0.05) is 32.2 Å². The van der Waals surface area contributed by atoms with Crippen molar-refractivity contribution >= 4 is 40.4 Å². The van der Waals surface area contributed by atoms with Crippen molar-refractivity contribution in [2.75, 3.05) is 4.90 Å². The van der Waals surface area contributed by atoms with Crippen LogP contribution < -0.4 is 4.90 Å². The Bertz CT molecular complexity index is 1720. The van der Waals surface area contributed by atoms with Gasteiger partial charge in [-0.15, -0.1) is 0 Å². The molecule has 0 atom stereocenters. The summed E-state index contributed by atoms with van der Waals surface area (Å²) >= 11 is 3.17. The molecule has 0 spiro atoms. The van der Waals surface area contributed by atoms with Crippen LogP contribution in [0.25, 0.3) is 33.3 Å². The Hall–Kier alpha value is -4.40. The van der Waals surface area contributed by atoms with Crippen molar-refractivity contribution in [3.63, 3.8) is 0 Å². The molecule has 7 rings (SSSR count). The maximum Gasteiger partial charge on any atom is 0.174 e. The molecular formula is C29H18N6S2. The molecule has 0 aliphatic carbocycles. The number of aromatic nitrogens is 5. The van der Waals surface area contributed by atoms with Crippen LogP contribution in [0.4, 0.5) is 17.1 Å². The maximum atomic E-state index is 4.97. The predicted octanol–water partition coefficient (Wildman–Crippen LogP) is 7.66. The van der Waals surface area contributed by atoms with Gasteiger partial charge in [0.2, 0.25) is 0 Å². The molecular weight excluding hydrogens is 496 g/mol. The van der Waals surface area contributed by atoms with E-state index in [1.54, 1.807) is 11.8 Å². The predicted molar refractivity (Wildman–Crippen MR) is 148 cm³/mol. The normalized spacial score (nSPS) is 12.2. The highest BCUT2D eigenvalue weighted by atomic mass is 32.2. The van der Waals surface area contributed by atoms with E-state index in [1.165, 1.54) is 34.8 Å². The highest BCUT2D eigenvalue weighted by molar-refractivity contribution is 8.00. The average molecular weight is 515 g/mol. The first-order valence-electron chi connectivity index (χ1n) is 11.7. The molecule has 6 aromatic rings. The van der Waals surface area contributed by atoms with Crippen LogP contribution in [-0.2, 0) is 0 Å². The van der Waals surface area contributed by atoms with E-state index in [9.17, 15) is 0 Å². The van der Waals surface area contributed by atoms with Crippen molar-refractivity contribution < 1.29 is 0 Å². The number of anilines is 3. The van der Waals surface area contributed by atoms with E-state index < -0.39 is 0 Å². The number of hydrogen-bond acceptors (Lipinski definition) is 8. The topological polar surface area (TPSA) is 67.7 Å². The van der Waals surface area contributed by atoms with Crippen molar-refractivity contribution in [2.45, 2.75) is 9.79 Å². The summed E-state index contributed by atoms with van der Waals surface area (Å²) < 4.78 is 4.78. The molecule has 0 bridgehead atoms. The highest BCUT2D eigenvalue weighted by Crippen LogP contribution is 2.53. The average Bonchev–Trinajstić information content (AvgIpc) is 3.47. The van der Waals surface area contributed by atoms with Gasteiger partial charge in [-0.3, -0.25) is 0 Å². The van der Waals surface area contributed by atoms with Crippen LogP contribution in [0.5, 0.6) is 0 Å². The minimum Gasteiger partial charge on any atom is -0.308 e. The molecule has 0 fully saturated rings. The van der Waals surface area contributed by atoms with Crippen LogP contribution in [0.1, 0.15) is 0 Å². The second-order valence-electron chi connectivity index (χ2n) is 8.36. The second-order valence-corrected chi connectivity index (χ2v) is 10.2. The zero-order valence-electron chi connectivity index (χ0n) is 19.4. The molecule has 4 aromatic carbocycles. The zero-order chi connectivity index (χ0) is 24.6. The third-order valence-corrected chi connectivity index (χ3v) is 8.06. The lowest BCUT2D eigenvalue weighted by atomic mass is 10.1. The number of benzene rings is 4. The monoisotopic (exact) mass is 514 g/mol. The molecule has 0 unspecified atom stereocenters. The summed E-state index contributed by atoms with van der Waals surface area (Å²) in [7, 11) is 0. The van der Waals surface area contributed by atoms with Crippen LogP contribution in [-0.4, -0.2) is 24.3 Å². The van der Waals surface area contributed by atoms with E-state index in [0.717, 1.165) is 43.8 Å². The van der Waals surface area contributed by atoms with E-state index in [0.29, 0.717) is 5.82 Å². The van der Waals surface area contributed by atoms with Crippen LogP contribution in [0.3, 0.4) is 0 Å². The van der Waals surface area contributed by atoms with Crippen molar-refractivity contribution in [1.29, 1.82) is 0 Å². The van der Waals surface area contributed by atoms with Gasteiger partial charge in [0.1, 0.15) is 17.7 Å². The second kappa shape index (κ2) is 9.24. The van der Waals surface area contributed by atoms with Crippen molar-refractivity contribution in [3.8, 4) is 33.3 Å². The summed E-state index contributed by atoms with van der Waals surface area (Å²) in [5.74, 6) is 1.36. The lowest BCUT2D eigenvalue weighted by molar-refractivity contribution is 1.06. The zero-order valence-corrected chi connectivity index (χ0v) is 21.0. The molecule has 6 nitrogen and oxygen atoms in total. The van der Waals surface area contributed by atoms with Crippen molar-refractivity contribution in [3.05, 3.63) is 110 Å². The number of hydrogen-bond donors (Lipinski definition) is 0. The Labute approximate surface area is 221 Å². The molecule has 37 heavy (non-hydrogen) atoms. The van der Waals surface area contributed by atoms with Gasteiger partial charge in [-0.2, -0.15) is 4.37 Å². The molecule has 8 heteroatoms. The fraction of sp³-hybridized carbons (Fsp3) is 0. The summed E-state index contributed by atoms with van der Waals surface area (Å²) in [5, 5.41) is 0.852. The Balaban J connectivity index is 1.31. The van der Waals surface area contributed by atoms with Gasteiger partial charge in [0.15, 0.2) is 11.6 Å². The molecule has 1 aliphatic heterocycles. The molecule has 0 saturated heterocycles. The lowest BCUT2D eigenvalue weighted by Gasteiger charge is -2.33.